The Morgan fingerprint density at radius 2 is 1.78 bits per heavy atom. The summed E-state index contributed by atoms with van der Waals surface area (Å²) in [5.74, 6) is -1.03. The summed E-state index contributed by atoms with van der Waals surface area (Å²) in [4.78, 5) is 24.3. The van der Waals surface area contributed by atoms with Gasteiger partial charge in [0.2, 0.25) is 5.78 Å². The molecule has 0 fully saturated rings. The van der Waals surface area contributed by atoms with E-state index in [-0.39, 0.29) is 33.7 Å². The van der Waals surface area contributed by atoms with E-state index in [1.54, 1.807) is 6.07 Å². The third-order valence-corrected chi connectivity index (χ3v) is 3.87. The maximum atomic E-state index is 12.2. The van der Waals surface area contributed by atoms with Gasteiger partial charge in [0.1, 0.15) is 0 Å². The van der Waals surface area contributed by atoms with E-state index in [2.05, 4.69) is 0 Å². The summed E-state index contributed by atoms with van der Waals surface area (Å²) < 4.78 is 5.04. The molecule has 23 heavy (non-hydrogen) atoms. The first-order chi connectivity index (χ1) is 10.8. The molecule has 120 valence electrons. The van der Waals surface area contributed by atoms with Crippen LogP contribution in [0.2, 0.25) is 10.0 Å². The number of aryl methyl sites for hydroxylation is 2. The van der Waals surface area contributed by atoms with Gasteiger partial charge in [-0.05, 0) is 37.6 Å². The lowest BCUT2D eigenvalue weighted by Crippen LogP contribution is -2.16. The monoisotopic (exact) mass is 351 g/mol. The molecule has 4 nitrogen and oxygen atoms in total. The molecule has 6 heteroatoms. The molecule has 0 amide bonds. The van der Waals surface area contributed by atoms with Gasteiger partial charge in [0.05, 0.1) is 16.3 Å². The van der Waals surface area contributed by atoms with Crippen molar-refractivity contribution in [3.63, 3.8) is 0 Å². The number of hydrogen-bond donors (Lipinski definition) is 1. The van der Waals surface area contributed by atoms with E-state index < -0.39 is 5.97 Å². The van der Waals surface area contributed by atoms with Crippen LogP contribution in [0.15, 0.2) is 30.3 Å². The number of rotatable bonds is 4. The number of ketones is 1. The summed E-state index contributed by atoms with van der Waals surface area (Å²) in [5.41, 5.74) is 8.14. The van der Waals surface area contributed by atoms with E-state index in [0.29, 0.717) is 5.56 Å². The second kappa shape index (κ2) is 7.02. The fourth-order valence-electron chi connectivity index (χ4n) is 2.08. The van der Waals surface area contributed by atoms with Gasteiger partial charge in [-0.1, -0.05) is 40.9 Å². The molecule has 2 aromatic carbocycles. The summed E-state index contributed by atoms with van der Waals surface area (Å²) in [5, 5.41) is 0.419. The van der Waals surface area contributed by atoms with Crippen molar-refractivity contribution in [3.05, 3.63) is 62.6 Å². The highest BCUT2D eigenvalue weighted by atomic mass is 35.5. The highest BCUT2D eigenvalue weighted by molar-refractivity contribution is 6.37. The second-order valence-corrected chi connectivity index (χ2v) is 6.01. The average Bonchev–Trinajstić information content (AvgIpc) is 2.50. The Morgan fingerprint density at radius 1 is 1.09 bits per heavy atom. The first-order valence-electron chi connectivity index (χ1n) is 6.81. The number of Topliss-reactive ketones (excluding diaryl/α,β-unsaturated/α-hetero) is 1. The molecule has 2 rings (SSSR count). The fourth-order valence-corrected chi connectivity index (χ4v) is 2.57. The van der Waals surface area contributed by atoms with Gasteiger partial charge in [0, 0.05) is 10.6 Å². The Labute approximate surface area is 144 Å². The van der Waals surface area contributed by atoms with E-state index in [1.165, 1.54) is 12.1 Å². The highest BCUT2D eigenvalue weighted by Crippen LogP contribution is 2.28. The SMILES string of the molecule is Cc1ccc(C)c(C(=O)COC(=O)c2cc(Cl)cc(Cl)c2N)c1. The lowest BCUT2D eigenvalue weighted by molar-refractivity contribution is 0.0475. The molecule has 2 aromatic rings. The number of carbonyl (C=O) groups is 2. The minimum atomic E-state index is -0.745. The maximum absolute atomic E-state index is 12.2. The maximum Gasteiger partial charge on any atom is 0.340 e. The van der Waals surface area contributed by atoms with Crippen molar-refractivity contribution in [3.8, 4) is 0 Å². The van der Waals surface area contributed by atoms with Gasteiger partial charge >= 0.3 is 5.97 Å². The molecule has 0 aliphatic carbocycles. The number of nitrogens with two attached hydrogens (primary N) is 1. The molecular weight excluding hydrogens is 337 g/mol. The molecule has 0 heterocycles. The number of hydrogen-bond acceptors (Lipinski definition) is 4. The Balaban J connectivity index is 2.13. The van der Waals surface area contributed by atoms with Crippen LogP contribution in [0, 0.1) is 13.8 Å². The van der Waals surface area contributed by atoms with Crippen LogP contribution in [0.3, 0.4) is 0 Å². The van der Waals surface area contributed by atoms with E-state index in [4.69, 9.17) is 33.7 Å². The van der Waals surface area contributed by atoms with Crippen molar-refractivity contribution in [2.75, 3.05) is 12.3 Å². The number of benzene rings is 2. The second-order valence-electron chi connectivity index (χ2n) is 5.17. The van der Waals surface area contributed by atoms with Crippen LogP contribution >= 0.6 is 23.2 Å². The predicted molar refractivity (Wildman–Crippen MR) is 91.4 cm³/mol. The molecule has 2 N–H and O–H groups in total. The molecule has 0 atom stereocenters. The van der Waals surface area contributed by atoms with Crippen molar-refractivity contribution < 1.29 is 14.3 Å². The normalized spacial score (nSPS) is 10.4. The van der Waals surface area contributed by atoms with E-state index >= 15 is 0 Å². The van der Waals surface area contributed by atoms with Crippen molar-refractivity contribution in [2.24, 2.45) is 0 Å². The first-order valence-corrected chi connectivity index (χ1v) is 7.57. The number of carbonyl (C=O) groups excluding carboxylic acids is 2. The van der Waals surface area contributed by atoms with E-state index in [1.807, 2.05) is 26.0 Å². The third-order valence-electron chi connectivity index (χ3n) is 3.34. The van der Waals surface area contributed by atoms with E-state index in [0.717, 1.165) is 11.1 Å². The standard InChI is InChI=1S/C17H15Cl2NO3/c1-9-3-4-10(2)12(5-9)15(21)8-23-17(22)13-6-11(18)7-14(19)16(13)20/h3-7H,8,20H2,1-2H3. The minimum Gasteiger partial charge on any atom is -0.454 e. The summed E-state index contributed by atoms with van der Waals surface area (Å²) in [6.45, 7) is 3.33. The zero-order valence-electron chi connectivity index (χ0n) is 12.7. The number of anilines is 1. The average molecular weight is 352 g/mol. The molecule has 0 saturated heterocycles. The summed E-state index contributed by atoms with van der Waals surface area (Å²) in [7, 11) is 0. The largest absolute Gasteiger partial charge is 0.454 e. The quantitative estimate of drug-likeness (QED) is 0.508. The summed E-state index contributed by atoms with van der Waals surface area (Å²) in [6, 6.07) is 8.30. The first kappa shape index (κ1) is 17.3. The Bertz CT molecular complexity index is 788. The third kappa shape index (κ3) is 4.03. The molecule has 0 unspecified atom stereocenters. The highest BCUT2D eigenvalue weighted by Gasteiger charge is 2.18. The Kier molecular flexibility index (Phi) is 5.29. The molecule has 0 aliphatic rings. The zero-order chi connectivity index (χ0) is 17.1. The van der Waals surface area contributed by atoms with Gasteiger partial charge in [0.15, 0.2) is 6.61 Å². The lowest BCUT2D eigenvalue weighted by atomic mass is 10.0. The Hall–Kier alpha value is -2.04. The number of ether oxygens (including phenoxy) is 1. The van der Waals surface area contributed by atoms with Gasteiger partial charge in [-0.15, -0.1) is 0 Å². The van der Waals surface area contributed by atoms with Crippen LogP contribution in [0.1, 0.15) is 31.8 Å². The van der Waals surface area contributed by atoms with Crippen LogP contribution < -0.4 is 5.73 Å². The van der Waals surface area contributed by atoms with Crippen LogP contribution in [0.5, 0.6) is 0 Å². The molecule has 0 bridgehead atoms. The summed E-state index contributed by atoms with van der Waals surface area (Å²) in [6.07, 6.45) is 0. The zero-order valence-corrected chi connectivity index (χ0v) is 14.2. The number of nitrogen functional groups attached to an aromatic ring is 1. The van der Waals surface area contributed by atoms with Gasteiger partial charge < -0.3 is 10.5 Å². The van der Waals surface area contributed by atoms with Crippen molar-refractivity contribution in [1.29, 1.82) is 0 Å². The van der Waals surface area contributed by atoms with Gasteiger partial charge in [0.25, 0.3) is 0 Å². The van der Waals surface area contributed by atoms with Crippen LogP contribution in [-0.2, 0) is 4.74 Å². The van der Waals surface area contributed by atoms with Crippen LogP contribution in [-0.4, -0.2) is 18.4 Å². The van der Waals surface area contributed by atoms with Crippen LogP contribution in [0.4, 0.5) is 5.69 Å². The number of halogens is 2. The smallest absolute Gasteiger partial charge is 0.340 e. The topological polar surface area (TPSA) is 69.4 Å². The lowest BCUT2D eigenvalue weighted by Gasteiger charge is -2.10. The molecular formula is C17H15Cl2NO3. The molecule has 0 saturated carbocycles. The Morgan fingerprint density at radius 3 is 2.48 bits per heavy atom. The van der Waals surface area contributed by atoms with Crippen molar-refractivity contribution in [1.82, 2.24) is 0 Å². The fraction of sp³-hybridized carbons (Fsp3) is 0.176. The molecule has 0 aromatic heterocycles. The molecule has 0 spiro atoms. The summed E-state index contributed by atoms with van der Waals surface area (Å²) >= 11 is 11.7. The minimum absolute atomic E-state index is 0.0382. The van der Waals surface area contributed by atoms with Crippen LogP contribution in [0.25, 0.3) is 0 Å². The number of esters is 1. The van der Waals surface area contributed by atoms with E-state index in [9.17, 15) is 9.59 Å². The molecule has 0 aliphatic heterocycles. The van der Waals surface area contributed by atoms with Gasteiger partial charge in [-0.25, -0.2) is 4.79 Å². The molecule has 0 radical (unpaired) electrons. The van der Waals surface area contributed by atoms with Gasteiger partial charge in [-0.2, -0.15) is 0 Å². The van der Waals surface area contributed by atoms with Gasteiger partial charge in [-0.3, -0.25) is 4.79 Å². The van der Waals surface area contributed by atoms with Crippen molar-refractivity contribution >= 4 is 40.6 Å². The predicted octanol–water partition coefficient (Wildman–Crippen LogP) is 4.23. The van der Waals surface area contributed by atoms with Crippen molar-refractivity contribution in [2.45, 2.75) is 13.8 Å².